The van der Waals surface area contributed by atoms with Crippen LogP contribution in [0.5, 0.6) is 0 Å². The van der Waals surface area contributed by atoms with E-state index in [0.29, 0.717) is 0 Å². The van der Waals surface area contributed by atoms with Gasteiger partial charge in [0.15, 0.2) is 0 Å². The second kappa shape index (κ2) is 3.76. The lowest BCUT2D eigenvalue weighted by Crippen LogP contribution is -2.61. The van der Waals surface area contributed by atoms with Crippen LogP contribution in [0, 0.1) is 23.2 Å². The number of hydrazone groups is 1. The number of hydrogen-bond acceptors (Lipinski definition) is 2. The third-order valence-corrected chi connectivity index (χ3v) is 4.90. The van der Waals surface area contributed by atoms with Gasteiger partial charge in [0.1, 0.15) is 0 Å². The normalized spacial score (nSPS) is 40.6. The predicted molar refractivity (Wildman–Crippen MR) is 70.5 cm³/mol. The Morgan fingerprint density at radius 2 is 1.44 bits per heavy atom. The van der Waals surface area contributed by atoms with E-state index in [0.717, 1.165) is 37.0 Å². The first kappa shape index (κ1) is 11.6. The van der Waals surface area contributed by atoms with Gasteiger partial charge in [-0.2, -0.15) is 0 Å². The number of rotatable bonds is 2. The molecule has 4 rings (SSSR count). The molecule has 0 heterocycles. The first-order valence-corrected chi connectivity index (χ1v) is 6.72. The van der Waals surface area contributed by atoms with Crippen LogP contribution >= 0.6 is 0 Å². The van der Waals surface area contributed by atoms with E-state index in [-0.39, 0.29) is 17.5 Å². The standard InChI is InChI=1S/C12H22N6/c13-10(14)17-18(11(15)16)12-4-7-1-8(5-12)3-9(2-7)6-12/h7-9H,1-6H2,(H3,15,16)(H4,13,14,17). The zero-order valence-corrected chi connectivity index (χ0v) is 10.6. The Kier molecular flexibility index (Phi) is 2.43. The van der Waals surface area contributed by atoms with Crippen molar-refractivity contribution in [1.82, 2.24) is 5.01 Å². The monoisotopic (exact) mass is 250 g/mol. The molecule has 0 unspecified atom stereocenters. The summed E-state index contributed by atoms with van der Waals surface area (Å²) in [6.07, 6.45) is 7.26. The molecule has 0 amide bonds. The van der Waals surface area contributed by atoms with Crippen LogP contribution in [0.25, 0.3) is 0 Å². The van der Waals surface area contributed by atoms with Crippen LogP contribution in [-0.4, -0.2) is 22.5 Å². The Labute approximate surface area is 107 Å². The van der Waals surface area contributed by atoms with Crippen molar-refractivity contribution in [3.8, 4) is 0 Å². The molecule has 6 heteroatoms. The number of nitrogens with zero attached hydrogens (tertiary/aromatic N) is 2. The Balaban J connectivity index is 1.93. The van der Waals surface area contributed by atoms with Crippen LogP contribution in [-0.2, 0) is 0 Å². The molecule has 0 aliphatic heterocycles. The van der Waals surface area contributed by atoms with Crippen LogP contribution in [0.4, 0.5) is 0 Å². The lowest BCUT2D eigenvalue weighted by molar-refractivity contribution is -0.0625. The topological polar surface area (TPSA) is 118 Å². The fourth-order valence-corrected chi connectivity index (χ4v) is 4.86. The van der Waals surface area contributed by atoms with Gasteiger partial charge in [-0.25, -0.2) is 5.01 Å². The van der Waals surface area contributed by atoms with Gasteiger partial charge < -0.3 is 17.2 Å². The quantitative estimate of drug-likeness (QED) is 0.321. The van der Waals surface area contributed by atoms with Crippen molar-refractivity contribution < 1.29 is 0 Å². The minimum atomic E-state index is -0.0927. The third-order valence-electron chi connectivity index (χ3n) is 4.90. The van der Waals surface area contributed by atoms with E-state index in [1.807, 2.05) is 0 Å². The number of nitrogens with two attached hydrogens (primary N) is 3. The Hall–Kier alpha value is -1.46. The minimum Gasteiger partial charge on any atom is -0.369 e. The van der Waals surface area contributed by atoms with Crippen molar-refractivity contribution in [2.45, 2.75) is 44.1 Å². The first-order valence-electron chi connectivity index (χ1n) is 6.72. The predicted octanol–water partition coefficient (Wildman–Crippen LogP) is 0.339. The van der Waals surface area contributed by atoms with Crippen LogP contribution < -0.4 is 17.2 Å². The highest BCUT2D eigenvalue weighted by Gasteiger charge is 2.54. The molecule has 0 spiro atoms. The van der Waals surface area contributed by atoms with Gasteiger partial charge in [-0.05, 0) is 56.3 Å². The van der Waals surface area contributed by atoms with E-state index in [1.54, 1.807) is 5.01 Å². The summed E-state index contributed by atoms with van der Waals surface area (Å²) in [6, 6.07) is 0. The van der Waals surface area contributed by atoms with Gasteiger partial charge in [0.2, 0.25) is 11.9 Å². The van der Waals surface area contributed by atoms with Gasteiger partial charge in [-0.3, -0.25) is 5.41 Å². The second-order valence-electron chi connectivity index (χ2n) is 6.36. The SMILES string of the molecule is N=C(N)N(N=C(N)N)C12CC3CC(CC(C3)C1)C2. The largest absolute Gasteiger partial charge is 0.369 e. The second-order valence-corrected chi connectivity index (χ2v) is 6.36. The van der Waals surface area contributed by atoms with E-state index in [4.69, 9.17) is 22.6 Å². The number of hydrogen-bond donors (Lipinski definition) is 4. The molecule has 4 aliphatic carbocycles. The van der Waals surface area contributed by atoms with Crippen LogP contribution in [0.2, 0.25) is 0 Å². The summed E-state index contributed by atoms with van der Waals surface area (Å²) in [4.78, 5) is 0. The first-order chi connectivity index (χ1) is 8.48. The van der Waals surface area contributed by atoms with Crippen molar-refractivity contribution in [3.05, 3.63) is 0 Å². The molecule has 0 aromatic rings. The molecule has 0 atom stereocenters. The molecule has 7 N–H and O–H groups in total. The van der Waals surface area contributed by atoms with Gasteiger partial charge in [0, 0.05) is 0 Å². The molecule has 100 valence electrons. The van der Waals surface area contributed by atoms with E-state index >= 15 is 0 Å². The molecule has 6 nitrogen and oxygen atoms in total. The highest BCUT2D eigenvalue weighted by atomic mass is 15.6. The van der Waals surface area contributed by atoms with Gasteiger partial charge >= 0.3 is 0 Å². The fourth-order valence-electron chi connectivity index (χ4n) is 4.86. The molecule has 0 saturated heterocycles. The lowest BCUT2D eigenvalue weighted by atomic mass is 9.53. The molecule has 4 aliphatic rings. The molecular weight excluding hydrogens is 228 g/mol. The van der Waals surface area contributed by atoms with Crippen LogP contribution in [0.3, 0.4) is 0 Å². The van der Waals surface area contributed by atoms with Crippen LogP contribution in [0.15, 0.2) is 5.10 Å². The minimum absolute atomic E-state index is 0.0130. The number of guanidine groups is 2. The molecule has 4 bridgehead atoms. The Bertz CT molecular complexity index is 362. The highest BCUT2D eigenvalue weighted by molar-refractivity contribution is 5.80. The van der Waals surface area contributed by atoms with Gasteiger partial charge in [-0.1, -0.05) is 0 Å². The van der Waals surface area contributed by atoms with E-state index < -0.39 is 0 Å². The highest BCUT2D eigenvalue weighted by Crippen LogP contribution is 2.57. The van der Waals surface area contributed by atoms with Crippen molar-refractivity contribution >= 4 is 11.9 Å². The zero-order valence-electron chi connectivity index (χ0n) is 10.6. The molecule has 0 aromatic heterocycles. The summed E-state index contributed by atoms with van der Waals surface area (Å²) < 4.78 is 0. The van der Waals surface area contributed by atoms with Crippen molar-refractivity contribution in [3.63, 3.8) is 0 Å². The molecule has 4 fully saturated rings. The molecular formula is C12H22N6. The lowest BCUT2D eigenvalue weighted by Gasteiger charge is -2.58. The Morgan fingerprint density at radius 1 is 1.00 bits per heavy atom. The average molecular weight is 250 g/mol. The van der Waals surface area contributed by atoms with Gasteiger partial charge in [-0.15, -0.1) is 5.10 Å². The van der Waals surface area contributed by atoms with E-state index in [2.05, 4.69) is 5.10 Å². The van der Waals surface area contributed by atoms with Crippen LogP contribution in [0.1, 0.15) is 38.5 Å². The van der Waals surface area contributed by atoms with Gasteiger partial charge in [0.25, 0.3) is 0 Å². The Morgan fingerprint density at radius 3 is 1.78 bits per heavy atom. The maximum Gasteiger partial charge on any atom is 0.209 e. The maximum absolute atomic E-state index is 7.77. The fraction of sp³-hybridized carbons (Fsp3) is 0.833. The zero-order chi connectivity index (χ0) is 12.9. The van der Waals surface area contributed by atoms with Gasteiger partial charge in [0.05, 0.1) is 5.54 Å². The average Bonchev–Trinajstić information content (AvgIpc) is 2.23. The van der Waals surface area contributed by atoms with E-state index in [1.165, 1.54) is 19.3 Å². The maximum atomic E-state index is 7.77. The third kappa shape index (κ3) is 1.71. The summed E-state index contributed by atoms with van der Waals surface area (Å²) in [5.74, 6) is 2.26. The van der Waals surface area contributed by atoms with Crippen molar-refractivity contribution in [1.29, 1.82) is 5.41 Å². The molecule has 4 saturated carbocycles. The molecule has 0 radical (unpaired) electrons. The number of nitrogens with one attached hydrogen (secondary N) is 1. The smallest absolute Gasteiger partial charge is 0.209 e. The molecule has 0 aromatic carbocycles. The van der Waals surface area contributed by atoms with Crippen molar-refractivity contribution in [2.24, 2.45) is 40.1 Å². The summed E-state index contributed by atoms with van der Waals surface area (Å²) in [5, 5.41) is 13.5. The summed E-state index contributed by atoms with van der Waals surface area (Å²) >= 11 is 0. The van der Waals surface area contributed by atoms with E-state index in [9.17, 15) is 0 Å². The van der Waals surface area contributed by atoms with Crippen molar-refractivity contribution in [2.75, 3.05) is 0 Å². The summed E-state index contributed by atoms with van der Waals surface area (Å²) in [5.41, 5.74) is 16.6. The summed E-state index contributed by atoms with van der Waals surface area (Å²) in [7, 11) is 0. The molecule has 18 heavy (non-hydrogen) atoms. The summed E-state index contributed by atoms with van der Waals surface area (Å²) in [6.45, 7) is 0.